The van der Waals surface area contributed by atoms with Crippen LogP contribution in [0.4, 0.5) is 15.8 Å². The van der Waals surface area contributed by atoms with Crippen LogP contribution in [0.1, 0.15) is 35.9 Å². The molecule has 7 nitrogen and oxygen atoms in total. The summed E-state index contributed by atoms with van der Waals surface area (Å²) in [5.41, 5.74) is 2.58. The molecule has 1 heterocycles. The first-order valence-corrected chi connectivity index (χ1v) is 11.0. The zero-order chi connectivity index (χ0) is 22.6. The van der Waals surface area contributed by atoms with Crippen LogP contribution in [0.25, 0.3) is 12.2 Å². The highest BCUT2D eigenvalue weighted by molar-refractivity contribution is 7.92. The minimum atomic E-state index is -3.82. The molecule has 31 heavy (non-hydrogen) atoms. The summed E-state index contributed by atoms with van der Waals surface area (Å²) in [7, 11) is -3.82. The number of sulfonamides is 1. The van der Waals surface area contributed by atoms with Crippen LogP contribution in [0, 0.1) is 19.7 Å². The van der Waals surface area contributed by atoms with E-state index in [1.165, 1.54) is 30.3 Å². The number of halogens is 1. The normalized spacial score (nSPS) is 11.6. The lowest BCUT2D eigenvalue weighted by Gasteiger charge is -2.10. The van der Waals surface area contributed by atoms with E-state index in [-0.39, 0.29) is 10.8 Å². The van der Waals surface area contributed by atoms with Gasteiger partial charge >= 0.3 is 0 Å². The van der Waals surface area contributed by atoms with Gasteiger partial charge in [-0.3, -0.25) is 9.52 Å². The molecule has 0 aliphatic carbocycles. The summed E-state index contributed by atoms with van der Waals surface area (Å²) in [6.07, 6.45) is 3.69. The molecule has 0 unspecified atom stereocenters. The molecule has 0 saturated heterocycles. The van der Waals surface area contributed by atoms with Crippen molar-refractivity contribution in [1.29, 1.82) is 0 Å². The third-order valence-electron chi connectivity index (χ3n) is 4.52. The van der Waals surface area contributed by atoms with Crippen LogP contribution in [-0.2, 0) is 14.8 Å². The molecular weight excluding hydrogens is 421 g/mol. The monoisotopic (exact) mass is 443 g/mol. The van der Waals surface area contributed by atoms with Gasteiger partial charge in [-0.05, 0) is 61.4 Å². The molecular formula is C22H22FN3O4S. The van der Waals surface area contributed by atoms with Crippen LogP contribution in [0.2, 0.25) is 0 Å². The highest BCUT2D eigenvalue weighted by Crippen LogP contribution is 2.24. The summed E-state index contributed by atoms with van der Waals surface area (Å²) in [5.74, 6) is -0.195. The number of aromatic nitrogens is 1. The molecule has 0 bridgehead atoms. The van der Waals surface area contributed by atoms with Gasteiger partial charge in [-0.2, -0.15) is 0 Å². The average Bonchev–Trinajstić information content (AvgIpc) is 3.08. The summed E-state index contributed by atoms with van der Waals surface area (Å²) in [5, 5.41) is 6.61. The first-order valence-electron chi connectivity index (χ1n) is 9.53. The topological polar surface area (TPSA) is 101 Å². The highest BCUT2D eigenvalue weighted by Gasteiger charge is 2.16. The number of benzene rings is 2. The number of amides is 1. The van der Waals surface area contributed by atoms with Gasteiger partial charge in [0.1, 0.15) is 17.2 Å². The van der Waals surface area contributed by atoms with E-state index in [9.17, 15) is 17.6 Å². The molecule has 9 heteroatoms. The van der Waals surface area contributed by atoms with Crippen LogP contribution < -0.4 is 10.0 Å². The van der Waals surface area contributed by atoms with Gasteiger partial charge in [0.25, 0.3) is 10.0 Å². The Balaban J connectivity index is 1.77. The Morgan fingerprint density at radius 2 is 1.84 bits per heavy atom. The second-order valence-corrected chi connectivity index (χ2v) is 8.56. The average molecular weight is 444 g/mol. The van der Waals surface area contributed by atoms with E-state index in [0.29, 0.717) is 34.8 Å². The number of hydrogen-bond donors (Lipinski definition) is 2. The third-order valence-corrected chi connectivity index (χ3v) is 5.91. The van der Waals surface area contributed by atoms with Crippen LogP contribution in [-0.4, -0.2) is 19.5 Å². The van der Waals surface area contributed by atoms with Crippen LogP contribution in [0.5, 0.6) is 0 Å². The Bertz CT molecular complexity index is 1230. The minimum Gasteiger partial charge on any atom is -0.354 e. The molecule has 0 radical (unpaired) electrons. The molecule has 2 aromatic carbocycles. The first kappa shape index (κ1) is 22.2. The molecule has 1 aromatic heterocycles. The van der Waals surface area contributed by atoms with Crippen LogP contribution in [0.15, 0.2) is 51.9 Å². The lowest BCUT2D eigenvalue weighted by Crippen LogP contribution is -2.13. The Morgan fingerprint density at radius 1 is 1.13 bits per heavy atom. The van der Waals surface area contributed by atoms with Gasteiger partial charge in [0.15, 0.2) is 5.76 Å². The number of carbonyl (C=O) groups excluding carboxylic acids is 1. The van der Waals surface area contributed by atoms with Gasteiger partial charge < -0.3 is 9.84 Å². The molecule has 3 aromatic rings. The van der Waals surface area contributed by atoms with Gasteiger partial charge in [0, 0.05) is 6.42 Å². The highest BCUT2D eigenvalue weighted by atomic mass is 32.2. The number of nitrogens with one attached hydrogen (secondary N) is 2. The Morgan fingerprint density at radius 3 is 2.48 bits per heavy atom. The van der Waals surface area contributed by atoms with E-state index < -0.39 is 15.8 Å². The number of rotatable bonds is 7. The quantitative estimate of drug-likeness (QED) is 0.549. The number of anilines is 2. The van der Waals surface area contributed by atoms with Crippen molar-refractivity contribution in [3.05, 3.63) is 70.9 Å². The molecule has 3 rings (SSSR count). The van der Waals surface area contributed by atoms with E-state index in [4.69, 9.17) is 4.52 Å². The fraction of sp³-hybridized carbons (Fsp3) is 0.182. The standard InChI is InChI=1S/C22H22FN3O4S/c1-4-21(27)24-22-15(3)25-30-20(22)12-7-16-5-9-18(10-6-16)31(28,29)26-19-11-8-17(23)13-14(19)2/h5-13,26H,4H2,1-3H3,(H,24,27)/b12-7-. The number of carbonyl (C=O) groups is 1. The van der Waals surface area contributed by atoms with Crippen molar-refractivity contribution in [3.63, 3.8) is 0 Å². The minimum absolute atomic E-state index is 0.0692. The smallest absolute Gasteiger partial charge is 0.261 e. The maximum absolute atomic E-state index is 13.2. The van der Waals surface area contributed by atoms with Crippen LogP contribution >= 0.6 is 0 Å². The predicted molar refractivity (Wildman–Crippen MR) is 117 cm³/mol. The second kappa shape index (κ2) is 9.13. The van der Waals surface area contributed by atoms with Crippen molar-refractivity contribution in [2.45, 2.75) is 32.1 Å². The second-order valence-electron chi connectivity index (χ2n) is 6.88. The molecule has 0 fully saturated rings. The van der Waals surface area contributed by atoms with E-state index in [2.05, 4.69) is 15.2 Å². The van der Waals surface area contributed by atoms with Crippen LogP contribution in [0.3, 0.4) is 0 Å². The summed E-state index contributed by atoms with van der Waals surface area (Å²) in [6.45, 7) is 5.09. The van der Waals surface area contributed by atoms with Crippen molar-refractivity contribution in [2.75, 3.05) is 10.0 Å². The molecule has 0 aliphatic rings. The third kappa shape index (κ3) is 5.37. The zero-order valence-electron chi connectivity index (χ0n) is 17.3. The number of nitrogens with zero attached hydrogens (tertiary/aromatic N) is 1. The van der Waals surface area contributed by atoms with E-state index >= 15 is 0 Å². The largest absolute Gasteiger partial charge is 0.354 e. The van der Waals surface area contributed by atoms with Crippen molar-refractivity contribution in [1.82, 2.24) is 5.16 Å². The SMILES string of the molecule is CCC(=O)Nc1c(C)noc1/C=C\c1ccc(S(=O)(=O)Nc2ccc(F)cc2C)cc1. The van der Waals surface area contributed by atoms with E-state index in [1.54, 1.807) is 45.1 Å². The Labute approximate surface area is 180 Å². The first-order chi connectivity index (χ1) is 14.7. The number of aryl methyl sites for hydroxylation is 2. The fourth-order valence-corrected chi connectivity index (χ4v) is 3.89. The molecule has 0 atom stereocenters. The van der Waals surface area contributed by atoms with Crippen molar-refractivity contribution in [2.24, 2.45) is 0 Å². The predicted octanol–water partition coefficient (Wildman–Crippen LogP) is 4.75. The summed E-state index contributed by atoms with van der Waals surface area (Å²) < 4.78 is 46.2. The summed E-state index contributed by atoms with van der Waals surface area (Å²) >= 11 is 0. The molecule has 2 N–H and O–H groups in total. The zero-order valence-corrected chi connectivity index (χ0v) is 18.1. The van der Waals surface area contributed by atoms with Gasteiger partial charge in [0.2, 0.25) is 5.91 Å². The Kier molecular flexibility index (Phi) is 6.55. The molecule has 0 saturated carbocycles. The van der Waals surface area contributed by atoms with Crippen molar-refractivity contribution >= 4 is 39.5 Å². The van der Waals surface area contributed by atoms with Gasteiger partial charge in [0.05, 0.1) is 10.6 Å². The molecule has 0 spiro atoms. The number of hydrogen-bond acceptors (Lipinski definition) is 5. The molecule has 0 aliphatic heterocycles. The fourth-order valence-electron chi connectivity index (χ4n) is 2.76. The maximum Gasteiger partial charge on any atom is 0.261 e. The van der Waals surface area contributed by atoms with Crippen molar-refractivity contribution < 1.29 is 22.1 Å². The van der Waals surface area contributed by atoms with Gasteiger partial charge in [-0.15, -0.1) is 0 Å². The summed E-state index contributed by atoms with van der Waals surface area (Å²) in [4.78, 5) is 11.7. The summed E-state index contributed by atoms with van der Waals surface area (Å²) in [6, 6.07) is 10.0. The molecule has 1 amide bonds. The van der Waals surface area contributed by atoms with E-state index in [1.807, 2.05) is 0 Å². The Hall–Kier alpha value is -3.46. The van der Waals surface area contributed by atoms with Gasteiger partial charge in [-0.25, -0.2) is 12.8 Å². The maximum atomic E-state index is 13.2. The van der Waals surface area contributed by atoms with Gasteiger partial charge in [-0.1, -0.05) is 30.3 Å². The lowest BCUT2D eigenvalue weighted by atomic mass is 10.2. The van der Waals surface area contributed by atoms with Crippen molar-refractivity contribution in [3.8, 4) is 0 Å². The lowest BCUT2D eigenvalue weighted by molar-refractivity contribution is -0.115. The van der Waals surface area contributed by atoms with E-state index in [0.717, 1.165) is 5.56 Å². The molecule has 162 valence electrons.